The SMILES string of the molecule is CCCNc1cc(S(=O)(=O)NCCc2ccco2)ccn1. The zero-order valence-corrected chi connectivity index (χ0v) is 12.7. The molecule has 0 aromatic carbocycles. The second-order valence-corrected chi connectivity index (χ2v) is 6.30. The van der Waals surface area contributed by atoms with E-state index in [1.807, 2.05) is 13.0 Å². The summed E-state index contributed by atoms with van der Waals surface area (Å²) in [5, 5.41) is 3.07. The first-order valence-electron chi connectivity index (χ1n) is 6.84. The molecule has 0 spiro atoms. The van der Waals surface area contributed by atoms with Gasteiger partial charge in [-0.25, -0.2) is 18.1 Å². The minimum atomic E-state index is -3.53. The van der Waals surface area contributed by atoms with Crippen molar-refractivity contribution in [2.45, 2.75) is 24.7 Å². The molecule has 0 atom stereocenters. The first-order valence-corrected chi connectivity index (χ1v) is 8.32. The highest BCUT2D eigenvalue weighted by Gasteiger charge is 2.14. The number of anilines is 1. The summed E-state index contributed by atoms with van der Waals surface area (Å²) < 4.78 is 32.1. The Bertz CT molecular complexity index is 654. The molecule has 0 aliphatic rings. The van der Waals surface area contributed by atoms with Crippen LogP contribution < -0.4 is 10.0 Å². The van der Waals surface area contributed by atoms with E-state index in [2.05, 4.69) is 15.0 Å². The average molecular weight is 309 g/mol. The molecule has 2 aromatic rings. The Morgan fingerprint density at radius 1 is 1.29 bits per heavy atom. The Morgan fingerprint density at radius 2 is 2.14 bits per heavy atom. The summed E-state index contributed by atoms with van der Waals surface area (Å²) in [6, 6.07) is 6.60. The highest BCUT2D eigenvalue weighted by atomic mass is 32.2. The van der Waals surface area contributed by atoms with Crippen LogP contribution >= 0.6 is 0 Å². The van der Waals surface area contributed by atoms with Gasteiger partial charge in [0.25, 0.3) is 0 Å². The molecule has 0 amide bonds. The van der Waals surface area contributed by atoms with Crippen molar-refractivity contribution < 1.29 is 12.8 Å². The summed E-state index contributed by atoms with van der Waals surface area (Å²) in [6.07, 6.45) is 4.51. The first kappa shape index (κ1) is 15.5. The molecule has 0 saturated carbocycles. The van der Waals surface area contributed by atoms with Crippen molar-refractivity contribution in [3.63, 3.8) is 0 Å². The largest absolute Gasteiger partial charge is 0.469 e. The van der Waals surface area contributed by atoms with Crippen molar-refractivity contribution in [1.29, 1.82) is 0 Å². The van der Waals surface area contributed by atoms with E-state index < -0.39 is 10.0 Å². The number of rotatable bonds is 8. The van der Waals surface area contributed by atoms with Crippen molar-refractivity contribution in [1.82, 2.24) is 9.71 Å². The maximum atomic E-state index is 12.2. The summed E-state index contributed by atoms with van der Waals surface area (Å²) in [6.45, 7) is 3.07. The highest BCUT2D eigenvalue weighted by Crippen LogP contribution is 2.12. The molecular formula is C14H19N3O3S. The molecule has 114 valence electrons. The fourth-order valence-corrected chi connectivity index (χ4v) is 2.82. The predicted octanol–water partition coefficient (Wildman–Crippen LogP) is 2.02. The molecule has 0 bridgehead atoms. The van der Waals surface area contributed by atoms with Crippen molar-refractivity contribution >= 4 is 15.8 Å². The van der Waals surface area contributed by atoms with Crippen LogP contribution in [0, 0.1) is 0 Å². The third kappa shape index (κ3) is 4.57. The minimum Gasteiger partial charge on any atom is -0.469 e. The van der Waals surface area contributed by atoms with Gasteiger partial charge < -0.3 is 9.73 Å². The van der Waals surface area contributed by atoms with Crippen LogP contribution in [0.1, 0.15) is 19.1 Å². The van der Waals surface area contributed by atoms with Crippen LogP contribution in [0.15, 0.2) is 46.0 Å². The van der Waals surface area contributed by atoms with Crippen LogP contribution in [-0.2, 0) is 16.4 Å². The van der Waals surface area contributed by atoms with Crippen LogP contribution in [0.5, 0.6) is 0 Å². The molecule has 0 unspecified atom stereocenters. The van der Waals surface area contributed by atoms with Crippen LogP contribution in [0.25, 0.3) is 0 Å². The molecule has 0 radical (unpaired) electrons. The number of hydrogen-bond donors (Lipinski definition) is 2. The molecule has 0 aliphatic carbocycles. The van der Waals surface area contributed by atoms with Gasteiger partial charge in [0.1, 0.15) is 11.6 Å². The van der Waals surface area contributed by atoms with Gasteiger partial charge in [0.2, 0.25) is 10.0 Å². The molecule has 0 fully saturated rings. The van der Waals surface area contributed by atoms with Gasteiger partial charge in [-0.1, -0.05) is 6.92 Å². The van der Waals surface area contributed by atoms with Gasteiger partial charge >= 0.3 is 0 Å². The Balaban J connectivity index is 1.98. The Kier molecular flexibility index (Phi) is 5.35. The quantitative estimate of drug-likeness (QED) is 0.779. The molecule has 7 heteroatoms. The van der Waals surface area contributed by atoms with E-state index >= 15 is 0 Å². The fraction of sp³-hybridized carbons (Fsp3) is 0.357. The van der Waals surface area contributed by atoms with E-state index in [1.54, 1.807) is 12.3 Å². The maximum Gasteiger partial charge on any atom is 0.240 e. The van der Waals surface area contributed by atoms with Gasteiger partial charge in [-0.2, -0.15) is 0 Å². The van der Waals surface area contributed by atoms with Crippen LogP contribution in [0.3, 0.4) is 0 Å². The molecule has 2 heterocycles. The number of sulfonamides is 1. The Morgan fingerprint density at radius 3 is 2.86 bits per heavy atom. The van der Waals surface area contributed by atoms with E-state index in [-0.39, 0.29) is 11.4 Å². The lowest BCUT2D eigenvalue weighted by molar-refractivity contribution is 0.506. The van der Waals surface area contributed by atoms with Crippen molar-refractivity contribution in [2.75, 3.05) is 18.4 Å². The molecule has 0 aliphatic heterocycles. The number of nitrogens with one attached hydrogen (secondary N) is 2. The van der Waals surface area contributed by atoms with E-state index in [0.717, 1.165) is 18.7 Å². The topological polar surface area (TPSA) is 84.2 Å². The number of aromatic nitrogens is 1. The molecule has 6 nitrogen and oxygen atoms in total. The molecule has 21 heavy (non-hydrogen) atoms. The standard InChI is InChI=1S/C14H19N3O3S/c1-2-7-15-14-11-13(6-8-16-14)21(18,19)17-9-5-12-4-3-10-20-12/h3-4,6,8,10-11,17H,2,5,7,9H2,1H3,(H,15,16). The summed E-state index contributed by atoms with van der Waals surface area (Å²) >= 11 is 0. The smallest absolute Gasteiger partial charge is 0.240 e. The second-order valence-electron chi connectivity index (χ2n) is 4.53. The average Bonchev–Trinajstić information content (AvgIpc) is 2.98. The summed E-state index contributed by atoms with van der Waals surface area (Å²) in [5.74, 6) is 1.31. The van der Waals surface area contributed by atoms with Crippen LogP contribution in [0.4, 0.5) is 5.82 Å². The van der Waals surface area contributed by atoms with Gasteiger partial charge in [0, 0.05) is 31.8 Å². The van der Waals surface area contributed by atoms with Crippen LogP contribution in [-0.4, -0.2) is 26.5 Å². The monoisotopic (exact) mass is 309 g/mol. The Hall–Kier alpha value is -1.86. The zero-order chi connectivity index (χ0) is 15.1. The van der Waals surface area contributed by atoms with Crippen LogP contribution in [0.2, 0.25) is 0 Å². The first-order chi connectivity index (χ1) is 10.1. The van der Waals surface area contributed by atoms with E-state index in [0.29, 0.717) is 12.2 Å². The maximum absolute atomic E-state index is 12.2. The number of nitrogens with zero attached hydrogens (tertiary/aromatic N) is 1. The molecular weight excluding hydrogens is 290 g/mol. The molecule has 2 aromatic heterocycles. The summed E-state index contributed by atoms with van der Waals surface area (Å²) in [5.41, 5.74) is 0. The van der Waals surface area contributed by atoms with E-state index in [9.17, 15) is 8.42 Å². The number of pyridine rings is 1. The number of furan rings is 1. The molecule has 2 N–H and O–H groups in total. The highest BCUT2D eigenvalue weighted by molar-refractivity contribution is 7.89. The third-order valence-corrected chi connectivity index (χ3v) is 4.30. The predicted molar refractivity (Wildman–Crippen MR) is 80.6 cm³/mol. The van der Waals surface area contributed by atoms with E-state index in [1.165, 1.54) is 18.3 Å². The normalized spacial score (nSPS) is 11.5. The van der Waals surface area contributed by atoms with Gasteiger partial charge in [-0.05, 0) is 24.6 Å². The fourth-order valence-electron chi connectivity index (χ4n) is 1.77. The zero-order valence-electron chi connectivity index (χ0n) is 11.9. The molecule has 0 saturated heterocycles. The molecule has 2 rings (SSSR count). The lowest BCUT2D eigenvalue weighted by atomic mass is 10.3. The summed E-state index contributed by atoms with van der Waals surface area (Å²) in [4.78, 5) is 4.30. The number of hydrogen-bond acceptors (Lipinski definition) is 5. The summed E-state index contributed by atoms with van der Waals surface area (Å²) in [7, 11) is -3.53. The van der Waals surface area contributed by atoms with Crippen molar-refractivity contribution in [3.05, 3.63) is 42.5 Å². The lowest BCUT2D eigenvalue weighted by Gasteiger charge is -2.08. The van der Waals surface area contributed by atoms with Crippen molar-refractivity contribution in [2.24, 2.45) is 0 Å². The second kappa shape index (κ2) is 7.24. The van der Waals surface area contributed by atoms with Gasteiger partial charge in [-0.15, -0.1) is 0 Å². The third-order valence-electron chi connectivity index (χ3n) is 2.84. The van der Waals surface area contributed by atoms with Crippen molar-refractivity contribution in [3.8, 4) is 0 Å². The minimum absolute atomic E-state index is 0.204. The van der Waals surface area contributed by atoms with Gasteiger partial charge in [0.05, 0.1) is 11.2 Å². The lowest BCUT2D eigenvalue weighted by Crippen LogP contribution is -2.26. The Labute approximate surface area is 124 Å². The van der Waals surface area contributed by atoms with Gasteiger partial charge in [0.15, 0.2) is 0 Å². The van der Waals surface area contributed by atoms with E-state index in [4.69, 9.17) is 4.42 Å². The van der Waals surface area contributed by atoms with Gasteiger partial charge in [-0.3, -0.25) is 0 Å².